The monoisotopic (exact) mass is 420 g/mol. The Morgan fingerprint density at radius 2 is 1.83 bits per heavy atom. The number of aliphatic hydroxyl groups is 1. The van der Waals surface area contributed by atoms with Crippen molar-refractivity contribution in [2.24, 2.45) is 46.3 Å². The van der Waals surface area contributed by atoms with Crippen LogP contribution in [0, 0.1) is 46.3 Å². The number of fused-ring (bicyclic) bond motifs is 4. The molecular formula is C27H45FO2. The van der Waals surface area contributed by atoms with Crippen LogP contribution >= 0.6 is 0 Å². The van der Waals surface area contributed by atoms with E-state index in [0.29, 0.717) is 30.1 Å². The van der Waals surface area contributed by atoms with Crippen molar-refractivity contribution >= 4 is 0 Å². The summed E-state index contributed by atoms with van der Waals surface area (Å²) in [6, 6.07) is 0. The van der Waals surface area contributed by atoms with Gasteiger partial charge >= 0.3 is 0 Å². The molecule has 2 nitrogen and oxygen atoms in total. The fourth-order valence-corrected chi connectivity index (χ4v) is 9.74. The third kappa shape index (κ3) is 2.93. The van der Waals surface area contributed by atoms with Gasteiger partial charge in [-0.15, -0.1) is 0 Å². The lowest BCUT2D eigenvalue weighted by Crippen LogP contribution is -2.61. The maximum atomic E-state index is 14.4. The van der Waals surface area contributed by atoms with E-state index in [2.05, 4.69) is 27.7 Å². The van der Waals surface area contributed by atoms with Gasteiger partial charge in [-0.05, 0) is 85.9 Å². The van der Waals surface area contributed by atoms with E-state index in [-0.39, 0.29) is 23.7 Å². The van der Waals surface area contributed by atoms with E-state index in [1.54, 1.807) is 0 Å². The molecule has 10 atom stereocenters. The minimum atomic E-state index is -0.734. The molecule has 0 aromatic rings. The fourth-order valence-electron chi connectivity index (χ4n) is 9.74. The van der Waals surface area contributed by atoms with Crippen molar-refractivity contribution < 1.29 is 14.2 Å². The number of ether oxygens (including phenoxy) is 1. The Hall–Kier alpha value is -0.150. The number of hydrogen-bond acceptors (Lipinski definition) is 2. The van der Waals surface area contributed by atoms with Crippen molar-refractivity contribution in [1.82, 2.24) is 0 Å². The smallest absolute Gasteiger partial charge is 0.106 e. The second-order valence-corrected chi connectivity index (χ2v) is 12.8. The quantitative estimate of drug-likeness (QED) is 0.494. The van der Waals surface area contributed by atoms with Crippen LogP contribution in [0.3, 0.4) is 0 Å². The molecule has 1 heterocycles. The van der Waals surface area contributed by atoms with Gasteiger partial charge in [0.05, 0.1) is 12.7 Å². The zero-order valence-electron chi connectivity index (χ0n) is 19.8. The first-order chi connectivity index (χ1) is 14.3. The zero-order valence-corrected chi connectivity index (χ0v) is 19.8. The van der Waals surface area contributed by atoms with Crippen LogP contribution < -0.4 is 0 Å². The van der Waals surface area contributed by atoms with E-state index in [1.807, 2.05) is 0 Å². The molecule has 5 rings (SSSR count). The van der Waals surface area contributed by atoms with Crippen molar-refractivity contribution in [1.29, 1.82) is 0 Å². The van der Waals surface area contributed by atoms with Crippen LogP contribution in [-0.4, -0.2) is 29.6 Å². The van der Waals surface area contributed by atoms with Crippen LogP contribution in [0.15, 0.2) is 0 Å². The standard InChI is InChI=1S/C27H45FO2/c1-17(2)6-5-7-18(3)21-8-9-22-20-14-24-27(30-24)15-19(28)10-13-26(27,16-29)23(20)11-12-25(21,22)4/h17-24,29H,5-16H2,1-4H3/t18-,19+,20+,21-,22+,23+,24-,25-,26+,27-/m1/s1. The van der Waals surface area contributed by atoms with E-state index in [4.69, 9.17) is 4.74 Å². The summed E-state index contributed by atoms with van der Waals surface area (Å²) in [5.74, 6) is 4.50. The van der Waals surface area contributed by atoms with E-state index in [0.717, 1.165) is 36.5 Å². The molecule has 1 spiro atoms. The molecule has 4 aliphatic carbocycles. The highest BCUT2D eigenvalue weighted by Crippen LogP contribution is 2.74. The summed E-state index contributed by atoms with van der Waals surface area (Å²) in [5, 5.41) is 10.7. The molecule has 0 unspecified atom stereocenters. The van der Waals surface area contributed by atoms with Crippen molar-refractivity contribution in [3.05, 3.63) is 0 Å². The highest BCUT2D eigenvalue weighted by atomic mass is 19.1. The second-order valence-electron chi connectivity index (χ2n) is 12.8. The summed E-state index contributed by atoms with van der Waals surface area (Å²) in [6.07, 6.45) is 12.0. The summed E-state index contributed by atoms with van der Waals surface area (Å²) in [4.78, 5) is 0. The predicted molar refractivity (Wildman–Crippen MR) is 119 cm³/mol. The number of rotatable bonds is 6. The van der Waals surface area contributed by atoms with Crippen molar-refractivity contribution in [2.45, 2.75) is 116 Å². The molecular weight excluding hydrogens is 375 g/mol. The Labute approximate surface area is 183 Å². The Balaban J connectivity index is 1.35. The number of aliphatic hydroxyl groups excluding tert-OH is 1. The summed E-state index contributed by atoms with van der Waals surface area (Å²) in [7, 11) is 0. The molecule has 0 bridgehead atoms. The van der Waals surface area contributed by atoms with Gasteiger partial charge in [-0.3, -0.25) is 0 Å². The lowest BCUT2D eigenvalue weighted by atomic mass is 9.44. The topological polar surface area (TPSA) is 32.8 Å². The molecule has 1 saturated heterocycles. The molecule has 3 heteroatoms. The summed E-state index contributed by atoms with van der Waals surface area (Å²) in [6.45, 7) is 10.0. The minimum Gasteiger partial charge on any atom is -0.396 e. The fraction of sp³-hybridized carbons (Fsp3) is 1.00. The largest absolute Gasteiger partial charge is 0.396 e. The van der Waals surface area contributed by atoms with Crippen LogP contribution in [0.5, 0.6) is 0 Å². The van der Waals surface area contributed by atoms with E-state index in [1.165, 1.54) is 44.9 Å². The predicted octanol–water partition coefficient (Wildman–Crippen LogP) is 6.55. The summed E-state index contributed by atoms with van der Waals surface area (Å²) >= 11 is 0. The normalized spacial score (nSPS) is 52.9. The Morgan fingerprint density at radius 3 is 2.57 bits per heavy atom. The van der Waals surface area contributed by atoms with Gasteiger partial charge in [0.2, 0.25) is 0 Å². The van der Waals surface area contributed by atoms with Crippen molar-refractivity contribution in [3.63, 3.8) is 0 Å². The third-order valence-electron chi connectivity index (χ3n) is 11.2. The van der Waals surface area contributed by atoms with Gasteiger partial charge < -0.3 is 9.84 Å². The van der Waals surface area contributed by atoms with Crippen LogP contribution in [0.2, 0.25) is 0 Å². The average molecular weight is 421 g/mol. The molecule has 0 radical (unpaired) electrons. The molecule has 1 aliphatic heterocycles. The molecule has 30 heavy (non-hydrogen) atoms. The Bertz CT molecular complexity index is 651. The summed E-state index contributed by atoms with van der Waals surface area (Å²) < 4.78 is 20.7. The summed E-state index contributed by atoms with van der Waals surface area (Å²) in [5.41, 5.74) is -0.0246. The third-order valence-corrected chi connectivity index (χ3v) is 11.2. The maximum Gasteiger partial charge on any atom is 0.106 e. The second kappa shape index (κ2) is 7.44. The molecule has 5 aliphatic rings. The molecule has 0 aromatic heterocycles. The molecule has 172 valence electrons. The van der Waals surface area contributed by atoms with Gasteiger partial charge in [-0.1, -0.05) is 47.0 Å². The van der Waals surface area contributed by atoms with Gasteiger partial charge in [-0.2, -0.15) is 0 Å². The first-order valence-electron chi connectivity index (χ1n) is 13.2. The zero-order chi connectivity index (χ0) is 21.3. The minimum absolute atomic E-state index is 0.161. The molecule has 5 fully saturated rings. The van der Waals surface area contributed by atoms with Crippen LogP contribution in [0.4, 0.5) is 4.39 Å². The number of hydrogen-bond donors (Lipinski definition) is 1. The van der Waals surface area contributed by atoms with Gasteiger partial charge in [0.25, 0.3) is 0 Å². The van der Waals surface area contributed by atoms with Gasteiger partial charge in [0.1, 0.15) is 11.8 Å². The van der Waals surface area contributed by atoms with Crippen molar-refractivity contribution in [2.75, 3.05) is 6.61 Å². The first-order valence-corrected chi connectivity index (χ1v) is 13.2. The van der Waals surface area contributed by atoms with Crippen LogP contribution in [0.25, 0.3) is 0 Å². The number of alkyl halides is 1. The van der Waals surface area contributed by atoms with E-state index < -0.39 is 6.17 Å². The molecule has 1 N–H and O–H groups in total. The first kappa shape index (κ1) is 21.7. The maximum absolute atomic E-state index is 14.4. The lowest BCUT2D eigenvalue weighted by Gasteiger charge is -2.60. The van der Waals surface area contributed by atoms with Gasteiger partial charge in [0.15, 0.2) is 0 Å². The van der Waals surface area contributed by atoms with E-state index >= 15 is 0 Å². The highest BCUT2D eigenvalue weighted by Gasteiger charge is 2.77. The van der Waals surface area contributed by atoms with Crippen molar-refractivity contribution in [3.8, 4) is 0 Å². The van der Waals surface area contributed by atoms with Gasteiger partial charge in [-0.25, -0.2) is 4.39 Å². The van der Waals surface area contributed by atoms with Crippen LogP contribution in [-0.2, 0) is 4.74 Å². The van der Waals surface area contributed by atoms with Crippen LogP contribution in [0.1, 0.15) is 98.3 Å². The molecule has 0 amide bonds. The lowest BCUT2D eigenvalue weighted by molar-refractivity contribution is -0.138. The molecule has 0 aromatic carbocycles. The average Bonchev–Trinajstić information content (AvgIpc) is 3.26. The van der Waals surface area contributed by atoms with Gasteiger partial charge in [0, 0.05) is 11.8 Å². The Kier molecular flexibility index (Phi) is 5.38. The van der Waals surface area contributed by atoms with E-state index in [9.17, 15) is 9.50 Å². The number of halogens is 1. The number of epoxide rings is 1. The SMILES string of the molecule is CC(C)CCC[C@@H](C)[C@H]1CC[C@H]2[C@@H]3C[C@H]4O[C@]45C[C@@H](F)CC[C@]5(CO)[C@H]3CC[C@]12C. The Morgan fingerprint density at radius 1 is 1.03 bits per heavy atom. The highest BCUT2D eigenvalue weighted by molar-refractivity contribution is 5.25. The molecule has 4 saturated carbocycles.